The summed E-state index contributed by atoms with van der Waals surface area (Å²) >= 11 is 5.88. The van der Waals surface area contributed by atoms with Crippen molar-refractivity contribution in [2.45, 2.75) is 0 Å². The maximum atomic E-state index is 11.7. The van der Waals surface area contributed by atoms with Crippen LogP contribution in [0.3, 0.4) is 0 Å². The van der Waals surface area contributed by atoms with Crippen molar-refractivity contribution in [1.82, 2.24) is 0 Å². The second-order valence-electron chi connectivity index (χ2n) is 4.27. The number of nitrogens with one attached hydrogen (secondary N) is 1. The molecule has 0 atom stereocenters. The highest BCUT2D eigenvalue weighted by Gasteiger charge is 2.05. The normalized spacial score (nSPS) is 10.2. The third-order valence-corrected chi connectivity index (χ3v) is 2.96. The number of amides is 1. The van der Waals surface area contributed by atoms with E-state index in [-0.39, 0.29) is 17.5 Å². The van der Waals surface area contributed by atoms with Crippen molar-refractivity contribution in [2.24, 2.45) is 5.16 Å². The van der Waals surface area contributed by atoms with E-state index in [1.54, 1.807) is 6.07 Å². The fourth-order valence-corrected chi connectivity index (χ4v) is 1.84. The van der Waals surface area contributed by atoms with Gasteiger partial charge in [0.1, 0.15) is 6.07 Å². The SMILES string of the molecule is N#Cc1ccc(NC(=O)CO/N=C\c2ccccc2)cc1Cl. The molecule has 1 N–H and O–H groups in total. The summed E-state index contributed by atoms with van der Waals surface area (Å²) in [4.78, 5) is 16.6. The maximum Gasteiger partial charge on any atom is 0.265 e. The van der Waals surface area contributed by atoms with Gasteiger partial charge in [-0.1, -0.05) is 47.1 Å². The van der Waals surface area contributed by atoms with Gasteiger partial charge in [-0.3, -0.25) is 4.79 Å². The topological polar surface area (TPSA) is 74.5 Å². The third-order valence-electron chi connectivity index (χ3n) is 2.64. The molecule has 0 aliphatic carbocycles. The summed E-state index contributed by atoms with van der Waals surface area (Å²) in [5.74, 6) is -0.369. The number of oxime groups is 1. The van der Waals surface area contributed by atoms with Crippen molar-refractivity contribution in [3.63, 3.8) is 0 Å². The van der Waals surface area contributed by atoms with E-state index in [9.17, 15) is 4.79 Å². The van der Waals surface area contributed by atoms with E-state index in [4.69, 9.17) is 21.7 Å². The van der Waals surface area contributed by atoms with E-state index in [0.29, 0.717) is 11.3 Å². The molecular weight excluding hydrogens is 302 g/mol. The highest BCUT2D eigenvalue weighted by atomic mass is 35.5. The molecule has 0 aliphatic heterocycles. The molecule has 0 fully saturated rings. The monoisotopic (exact) mass is 313 g/mol. The molecule has 6 heteroatoms. The average Bonchev–Trinajstić information content (AvgIpc) is 2.53. The number of carbonyl (C=O) groups is 1. The number of halogens is 1. The van der Waals surface area contributed by atoms with Gasteiger partial charge in [-0.25, -0.2) is 0 Å². The summed E-state index contributed by atoms with van der Waals surface area (Å²) in [5.41, 5.74) is 1.72. The van der Waals surface area contributed by atoms with Crippen molar-refractivity contribution in [3.8, 4) is 6.07 Å². The number of benzene rings is 2. The first kappa shape index (κ1) is 15.5. The summed E-state index contributed by atoms with van der Waals surface area (Å²) in [6.45, 7) is -0.221. The van der Waals surface area contributed by atoms with Crippen LogP contribution < -0.4 is 5.32 Å². The van der Waals surface area contributed by atoms with Crippen LogP contribution in [0.15, 0.2) is 53.7 Å². The van der Waals surface area contributed by atoms with Gasteiger partial charge in [0.05, 0.1) is 16.8 Å². The van der Waals surface area contributed by atoms with E-state index in [2.05, 4.69) is 10.5 Å². The first-order chi connectivity index (χ1) is 10.7. The highest BCUT2D eigenvalue weighted by molar-refractivity contribution is 6.32. The molecule has 0 unspecified atom stereocenters. The molecule has 0 radical (unpaired) electrons. The molecule has 2 aromatic carbocycles. The molecule has 0 spiro atoms. The predicted octanol–water partition coefficient (Wildman–Crippen LogP) is 3.20. The first-order valence-electron chi connectivity index (χ1n) is 6.39. The highest BCUT2D eigenvalue weighted by Crippen LogP contribution is 2.20. The van der Waals surface area contributed by atoms with E-state index in [0.717, 1.165) is 5.56 Å². The summed E-state index contributed by atoms with van der Waals surface area (Å²) in [7, 11) is 0. The lowest BCUT2D eigenvalue weighted by atomic mass is 10.2. The van der Waals surface area contributed by atoms with E-state index in [1.165, 1.54) is 18.3 Å². The Morgan fingerprint density at radius 2 is 2.09 bits per heavy atom. The maximum absolute atomic E-state index is 11.7. The number of nitriles is 1. The lowest BCUT2D eigenvalue weighted by Gasteiger charge is -2.05. The van der Waals surface area contributed by atoms with Crippen LogP contribution in [-0.4, -0.2) is 18.7 Å². The Bertz CT molecular complexity index is 724. The second kappa shape index (κ2) is 7.81. The lowest BCUT2D eigenvalue weighted by molar-refractivity contribution is -0.120. The van der Waals surface area contributed by atoms with E-state index >= 15 is 0 Å². The Morgan fingerprint density at radius 1 is 1.32 bits per heavy atom. The van der Waals surface area contributed by atoms with Crippen molar-refractivity contribution >= 4 is 29.4 Å². The van der Waals surface area contributed by atoms with Crippen molar-refractivity contribution < 1.29 is 9.63 Å². The minimum absolute atomic E-state index is 0.221. The number of hydrogen-bond donors (Lipinski definition) is 1. The number of rotatable bonds is 5. The zero-order valence-corrected chi connectivity index (χ0v) is 12.2. The van der Waals surface area contributed by atoms with Gasteiger partial charge in [-0.05, 0) is 23.8 Å². The smallest absolute Gasteiger partial charge is 0.265 e. The molecule has 5 nitrogen and oxygen atoms in total. The quantitative estimate of drug-likeness (QED) is 0.680. The van der Waals surface area contributed by atoms with Crippen molar-refractivity contribution in [3.05, 3.63) is 64.7 Å². The van der Waals surface area contributed by atoms with Crippen LogP contribution in [0.5, 0.6) is 0 Å². The zero-order chi connectivity index (χ0) is 15.8. The van der Waals surface area contributed by atoms with Crippen LogP contribution in [0.1, 0.15) is 11.1 Å². The molecule has 22 heavy (non-hydrogen) atoms. The molecule has 110 valence electrons. The van der Waals surface area contributed by atoms with Crippen LogP contribution in [0.25, 0.3) is 0 Å². The third kappa shape index (κ3) is 4.62. The van der Waals surface area contributed by atoms with Crippen LogP contribution in [0, 0.1) is 11.3 Å². The standard InChI is InChI=1S/C16H12ClN3O2/c17-15-8-14(7-6-13(15)9-18)20-16(21)11-22-19-10-12-4-2-1-3-5-12/h1-8,10H,11H2,(H,20,21)/b19-10-. The fourth-order valence-electron chi connectivity index (χ4n) is 1.61. The molecule has 0 aliphatic rings. The molecule has 0 bridgehead atoms. The molecule has 2 rings (SSSR count). The van der Waals surface area contributed by atoms with Gasteiger partial charge in [0.2, 0.25) is 0 Å². The first-order valence-corrected chi connectivity index (χ1v) is 6.77. The molecule has 2 aromatic rings. The van der Waals surface area contributed by atoms with Gasteiger partial charge in [0.25, 0.3) is 5.91 Å². The van der Waals surface area contributed by atoms with Crippen LogP contribution in [0.4, 0.5) is 5.69 Å². The zero-order valence-electron chi connectivity index (χ0n) is 11.5. The Kier molecular flexibility index (Phi) is 5.52. The van der Waals surface area contributed by atoms with Gasteiger partial charge >= 0.3 is 0 Å². The molecule has 1 amide bonds. The Morgan fingerprint density at radius 3 is 2.77 bits per heavy atom. The molecule has 0 aromatic heterocycles. The largest absolute Gasteiger partial charge is 0.386 e. The molecular formula is C16H12ClN3O2. The van der Waals surface area contributed by atoms with Gasteiger partial charge in [0, 0.05) is 5.69 Å². The summed E-state index contributed by atoms with van der Waals surface area (Å²) in [6.07, 6.45) is 1.52. The summed E-state index contributed by atoms with van der Waals surface area (Å²) in [6, 6.07) is 16.0. The van der Waals surface area contributed by atoms with Crippen LogP contribution >= 0.6 is 11.6 Å². The number of nitrogens with zero attached hydrogens (tertiary/aromatic N) is 2. The second-order valence-corrected chi connectivity index (χ2v) is 4.68. The fraction of sp³-hybridized carbons (Fsp3) is 0.0625. The van der Waals surface area contributed by atoms with Crippen LogP contribution in [-0.2, 0) is 9.63 Å². The number of anilines is 1. The lowest BCUT2D eigenvalue weighted by Crippen LogP contribution is -2.17. The Hall–Kier alpha value is -2.84. The van der Waals surface area contributed by atoms with Gasteiger partial charge in [0.15, 0.2) is 6.61 Å². The number of hydrogen-bond acceptors (Lipinski definition) is 4. The van der Waals surface area contributed by atoms with Crippen molar-refractivity contribution in [1.29, 1.82) is 5.26 Å². The minimum atomic E-state index is -0.369. The number of carbonyl (C=O) groups excluding carboxylic acids is 1. The molecule has 0 saturated heterocycles. The van der Waals surface area contributed by atoms with Crippen molar-refractivity contribution in [2.75, 3.05) is 11.9 Å². The van der Waals surface area contributed by atoms with Crippen LogP contribution in [0.2, 0.25) is 5.02 Å². The Balaban J connectivity index is 1.82. The van der Waals surface area contributed by atoms with Gasteiger partial charge < -0.3 is 10.2 Å². The van der Waals surface area contributed by atoms with E-state index < -0.39 is 0 Å². The summed E-state index contributed by atoms with van der Waals surface area (Å²) < 4.78 is 0. The molecule has 0 saturated carbocycles. The van der Waals surface area contributed by atoms with Gasteiger partial charge in [-0.2, -0.15) is 5.26 Å². The van der Waals surface area contributed by atoms with E-state index in [1.807, 2.05) is 36.4 Å². The van der Waals surface area contributed by atoms with Gasteiger partial charge in [-0.15, -0.1) is 0 Å². The predicted molar refractivity (Wildman–Crippen MR) is 84.8 cm³/mol. The average molecular weight is 314 g/mol. The Labute approximate surface area is 132 Å². The molecule has 0 heterocycles. The summed E-state index contributed by atoms with van der Waals surface area (Å²) in [5, 5.41) is 15.4. The minimum Gasteiger partial charge on any atom is -0.386 e.